The van der Waals surface area contributed by atoms with Crippen molar-refractivity contribution in [2.24, 2.45) is 0 Å². The van der Waals surface area contributed by atoms with Crippen LogP contribution in [0.15, 0.2) is 0 Å². The van der Waals surface area contributed by atoms with Gasteiger partial charge in [-0.05, 0) is 67.0 Å². The van der Waals surface area contributed by atoms with Crippen LogP contribution in [0.25, 0.3) is 0 Å². The Hall–Kier alpha value is -0.810. The normalized spacial score (nSPS) is 20.2. The summed E-state index contributed by atoms with van der Waals surface area (Å²) in [7, 11) is 0. The van der Waals surface area contributed by atoms with E-state index in [1.165, 1.54) is 12.8 Å². The summed E-state index contributed by atoms with van der Waals surface area (Å²) >= 11 is 0. The highest BCUT2D eigenvalue weighted by molar-refractivity contribution is 5.68. The highest BCUT2D eigenvalue weighted by Gasteiger charge is 2.24. The first-order valence-corrected chi connectivity index (χ1v) is 8.23. The van der Waals surface area contributed by atoms with Crippen LogP contribution < -0.4 is 10.6 Å². The van der Waals surface area contributed by atoms with E-state index in [0.29, 0.717) is 12.6 Å². The lowest BCUT2D eigenvalue weighted by atomic mass is 10.1. The summed E-state index contributed by atoms with van der Waals surface area (Å²) in [6, 6.07) is 0.713. The quantitative estimate of drug-likeness (QED) is 0.818. The fourth-order valence-corrected chi connectivity index (χ4v) is 2.49. The molecule has 124 valence electrons. The standard InChI is InChI=1S/C16H33N3O2/c1-13(2)19(15(20)21-16(3,4)5)12-11-18-14-7-6-9-17-10-8-14/h13-14,17-18H,6-12H2,1-5H3. The second-order valence-electron chi connectivity index (χ2n) is 7.10. The number of carbonyl (C=O) groups is 1. The molecule has 0 saturated carbocycles. The number of nitrogens with one attached hydrogen (secondary N) is 2. The van der Waals surface area contributed by atoms with Crippen LogP contribution in [0.5, 0.6) is 0 Å². The second kappa shape index (κ2) is 8.59. The minimum atomic E-state index is -0.440. The molecular weight excluding hydrogens is 266 g/mol. The number of ether oxygens (including phenoxy) is 1. The van der Waals surface area contributed by atoms with Crippen LogP contribution in [0.4, 0.5) is 4.79 Å². The lowest BCUT2D eigenvalue weighted by Crippen LogP contribution is -2.45. The summed E-state index contributed by atoms with van der Waals surface area (Å²) in [4.78, 5) is 14.0. The maximum Gasteiger partial charge on any atom is 0.410 e. The molecule has 21 heavy (non-hydrogen) atoms. The van der Waals surface area contributed by atoms with Crippen LogP contribution in [0.3, 0.4) is 0 Å². The molecule has 0 aromatic carbocycles. The van der Waals surface area contributed by atoms with Gasteiger partial charge in [-0.3, -0.25) is 0 Å². The van der Waals surface area contributed by atoms with E-state index in [1.807, 2.05) is 34.6 Å². The van der Waals surface area contributed by atoms with Crippen molar-refractivity contribution in [2.75, 3.05) is 26.2 Å². The van der Waals surface area contributed by atoms with Crippen molar-refractivity contribution in [3.8, 4) is 0 Å². The summed E-state index contributed by atoms with van der Waals surface area (Å²) in [6.45, 7) is 13.5. The van der Waals surface area contributed by atoms with Gasteiger partial charge in [0.1, 0.15) is 5.60 Å². The molecule has 1 aliphatic heterocycles. The minimum absolute atomic E-state index is 0.150. The Kier molecular flexibility index (Phi) is 7.46. The van der Waals surface area contributed by atoms with E-state index in [9.17, 15) is 4.79 Å². The average Bonchev–Trinajstić information content (AvgIpc) is 2.60. The van der Waals surface area contributed by atoms with Gasteiger partial charge >= 0.3 is 6.09 Å². The van der Waals surface area contributed by atoms with Crippen molar-refractivity contribution < 1.29 is 9.53 Å². The van der Waals surface area contributed by atoms with Crippen molar-refractivity contribution in [1.82, 2.24) is 15.5 Å². The van der Waals surface area contributed by atoms with Gasteiger partial charge in [0.05, 0.1) is 0 Å². The highest BCUT2D eigenvalue weighted by atomic mass is 16.6. The molecule has 1 fully saturated rings. The molecule has 0 bridgehead atoms. The molecule has 1 atom stereocenters. The fourth-order valence-electron chi connectivity index (χ4n) is 2.49. The second-order valence-corrected chi connectivity index (χ2v) is 7.10. The number of nitrogens with zero attached hydrogens (tertiary/aromatic N) is 1. The van der Waals surface area contributed by atoms with E-state index in [1.54, 1.807) is 4.90 Å². The van der Waals surface area contributed by atoms with Crippen LogP contribution in [0.1, 0.15) is 53.9 Å². The maximum atomic E-state index is 12.2. The predicted octanol–water partition coefficient (Wildman–Crippen LogP) is 2.36. The first-order valence-electron chi connectivity index (χ1n) is 8.23. The molecule has 1 amide bonds. The van der Waals surface area contributed by atoms with Gasteiger partial charge in [-0.1, -0.05) is 0 Å². The summed E-state index contributed by atoms with van der Waals surface area (Å²) in [5.41, 5.74) is -0.440. The molecule has 1 rings (SSSR count). The van der Waals surface area contributed by atoms with Crippen LogP contribution in [0, 0.1) is 0 Å². The number of amides is 1. The highest BCUT2D eigenvalue weighted by Crippen LogP contribution is 2.12. The zero-order valence-corrected chi connectivity index (χ0v) is 14.4. The number of rotatable bonds is 5. The molecule has 1 unspecified atom stereocenters. The lowest BCUT2D eigenvalue weighted by Gasteiger charge is -2.30. The number of hydrogen-bond acceptors (Lipinski definition) is 4. The molecule has 2 N–H and O–H groups in total. The van der Waals surface area contributed by atoms with Gasteiger partial charge < -0.3 is 20.3 Å². The molecule has 5 heteroatoms. The van der Waals surface area contributed by atoms with Crippen LogP contribution >= 0.6 is 0 Å². The van der Waals surface area contributed by atoms with E-state index in [2.05, 4.69) is 10.6 Å². The molecule has 0 aromatic heterocycles. The summed E-state index contributed by atoms with van der Waals surface area (Å²) in [5.74, 6) is 0. The fraction of sp³-hybridized carbons (Fsp3) is 0.938. The third kappa shape index (κ3) is 7.67. The molecular formula is C16H33N3O2. The van der Waals surface area contributed by atoms with Gasteiger partial charge in [0, 0.05) is 25.2 Å². The van der Waals surface area contributed by atoms with Crippen molar-refractivity contribution in [1.29, 1.82) is 0 Å². The predicted molar refractivity (Wildman–Crippen MR) is 86.6 cm³/mol. The molecule has 0 radical (unpaired) electrons. The zero-order chi connectivity index (χ0) is 15.9. The number of hydrogen-bond donors (Lipinski definition) is 2. The first kappa shape index (κ1) is 18.2. The topological polar surface area (TPSA) is 53.6 Å². The Labute approximate surface area is 129 Å². The van der Waals surface area contributed by atoms with Crippen molar-refractivity contribution >= 4 is 6.09 Å². The number of carbonyl (C=O) groups excluding carboxylic acids is 1. The molecule has 5 nitrogen and oxygen atoms in total. The van der Waals surface area contributed by atoms with Gasteiger partial charge in [0.15, 0.2) is 0 Å². The minimum Gasteiger partial charge on any atom is -0.444 e. The Balaban J connectivity index is 2.38. The van der Waals surface area contributed by atoms with Gasteiger partial charge in [0.2, 0.25) is 0 Å². The summed E-state index contributed by atoms with van der Waals surface area (Å²) in [6.07, 6.45) is 3.37. The SMILES string of the molecule is CC(C)N(CCNC1CCCNCC1)C(=O)OC(C)(C)C. The molecule has 0 aliphatic carbocycles. The largest absolute Gasteiger partial charge is 0.444 e. The zero-order valence-electron chi connectivity index (χ0n) is 14.4. The summed E-state index contributed by atoms with van der Waals surface area (Å²) in [5, 5.41) is 6.99. The van der Waals surface area contributed by atoms with Crippen LogP contribution in [-0.2, 0) is 4.74 Å². The lowest BCUT2D eigenvalue weighted by molar-refractivity contribution is 0.0192. The Bertz CT molecular complexity index is 305. The Morgan fingerprint density at radius 2 is 2.05 bits per heavy atom. The molecule has 0 spiro atoms. The maximum absolute atomic E-state index is 12.2. The molecule has 0 aromatic rings. The van der Waals surface area contributed by atoms with E-state index in [-0.39, 0.29) is 12.1 Å². The Morgan fingerprint density at radius 1 is 1.33 bits per heavy atom. The van der Waals surface area contributed by atoms with Gasteiger partial charge in [-0.15, -0.1) is 0 Å². The van der Waals surface area contributed by atoms with Gasteiger partial charge in [-0.25, -0.2) is 4.79 Å². The van der Waals surface area contributed by atoms with Gasteiger partial charge in [0.25, 0.3) is 0 Å². The van der Waals surface area contributed by atoms with E-state index < -0.39 is 5.60 Å². The third-order valence-corrected chi connectivity index (χ3v) is 3.61. The first-order chi connectivity index (χ1) is 9.79. The van der Waals surface area contributed by atoms with E-state index in [4.69, 9.17) is 4.74 Å². The van der Waals surface area contributed by atoms with Crippen LogP contribution in [0.2, 0.25) is 0 Å². The van der Waals surface area contributed by atoms with E-state index in [0.717, 1.165) is 26.1 Å². The summed E-state index contributed by atoms with van der Waals surface area (Å²) < 4.78 is 5.47. The van der Waals surface area contributed by atoms with Crippen LogP contribution in [-0.4, -0.2) is 54.9 Å². The molecule has 1 heterocycles. The molecule has 1 saturated heterocycles. The smallest absolute Gasteiger partial charge is 0.410 e. The Morgan fingerprint density at radius 3 is 2.67 bits per heavy atom. The third-order valence-electron chi connectivity index (χ3n) is 3.61. The van der Waals surface area contributed by atoms with Crippen molar-refractivity contribution in [3.05, 3.63) is 0 Å². The average molecular weight is 299 g/mol. The van der Waals surface area contributed by atoms with E-state index >= 15 is 0 Å². The monoisotopic (exact) mass is 299 g/mol. The van der Waals surface area contributed by atoms with Crippen molar-refractivity contribution in [2.45, 2.75) is 71.6 Å². The molecule has 1 aliphatic rings. The van der Waals surface area contributed by atoms with Crippen molar-refractivity contribution in [3.63, 3.8) is 0 Å². The van der Waals surface area contributed by atoms with Gasteiger partial charge in [-0.2, -0.15) is 0 Å².